The Balaban J connectivity index is 2.22. The summed E-state index contributed by atoms with van der Waals surface area (Å²) in [6, 6.07) is 7.62. The van der Waals surface area contributed by atoms with E-state index in [0.717, 1.165) is 18.2 Å². The number of rotatable bonds is 7. The van der Waals surface area contributed by atoms with Crippen molar-refractivity contribution in [1.82, 2.24) is 0 Å². The number of anilines is 1. The van der Waals surface area contributed by atoms with Gasteiger partial charge in [0.1, 0.15) is 11.5 Å². The fourth-order valence-electron chi connectivity index (χ4n) is 2.16. The number of halogens is 11. The molecule has 0 aromatic heterocycles. The Morgan fingerprint density at radius 3 is 1.82 bits per heavy atom. The quantitative estimate of drug-likeness (QED) is 0.316. The van der Waals surface area contributed by atoms with Crippen LogP contribution < -0.4 is 14.8 Å². The maximum absolute atomic E-state index is 13.7. The van der Waals surface area contributed by atoms with Crippen LogP contribution >= 0.6 is 0 Å². The van der Waals surface area contributed by atoms with E-state index >= 15 is 0 Å². The summed E-state index contributed by atoms with van der Waals surface area (Å²) >= 11 is 0. The summed E-state index contributed by atoms with van der Waals surface area (Å²) in [6.07, 6.45) is -8.34. The number of benzene rings is 2. The van der Waals surface area contributed by atoms with Gasteiger partial charge in [0.15, 0.2) is 0 Å². The van der Waals surface area contributed by atoms with Crippen LogP contribution in [-0.4, -0.2) is 30.0 Å². The molecule has 1 N–H and O–H groups in total. The molecule has 34 heavy (non-hydrogen) atoms. The molecule has 1 amide bonds. The van der Waals surface area contributed by atoms with E-state index < -0.39 is 47.6 Å². The summed E-state index contributed by atoms with van der Waals surface area (Å²) < 4.78 is 151. The molecule has 0 spiro atoms. The Morgan fingerprint density at radius 2 is 1.26 bits per heavy atom. The molecule has 0 heterocycles. The highest BCUT2D eigenvalue weighted by Gasteiger charge is 2.83. The van der Waals surface area contributed by atoms with E-state index in [0.29, 0.717) is 6.07 Å². The van der Waals surface area contributed by atoms with Gasteiger partial charge in [-0.05, 0) is 24.3 Å². The molecule has 186 valence electrons. The normalized spacial score (nSPS) is 13.7. The number of ether oxygens (including phenoxy) is 2. The number of hydrogen-bond donors (Lipinski definition) is 1. The van der Waals surface area contributed by atoms with Gasteiger partial charge in [0.05, 0.1) is 0 Å². The van der Waals surface area contributed by atoms with Crippen LogP contribution in [0.2, 0.25) is 0 Å². The van der Waals surface area contributed by atoms with Crippen LogP contribution in [0.5, 0.6) is 11.5 Å². The van der Waals surface area contributed by atoms with Crippen molar-refractivity contribution in [3.8, 4) is 11.5 Å². The average molecular weight is 509 g/mol. The SMILES string of the molecule is O=C(Nc1cccc(OC(F)=C(F)C(F)(F)C(F)(F)C(F)(F)C(F)(F)F)c1)Oc1ccccc1. The van der Waals surface area contributed by atoms with Crippen molar-refractivity contribution in [2.24, 2.45) is 0 Å². The molecular weight excluding hydrogens is 499 g/mol. The summed E-state index contributed by atoms with van der Waals surface area (Å²) in [6.45, 7) is 0. The van der Waals surface area contributed by atoms with Crippen LogP contribution in [0.4, 0.5) is 58.8 Å². The molecule has 0 radical (unpaired) electrons. The second-order valence-corrected chi connectivity index (χ2v) is 6.27. The van der Waals surface area contributed by atoms with Crippen molar-refractivity contribution in [2.75, 3.05) is 5.32 Å². The Hall–Kier alpha value is -3.52. The van der Waals surface area contributed by atoms with Gasteiger partial charge in [-0.2, -0.15) is 48.3 Å². The van der Waals surface area contributed by atoms with Crippen LogP contribution in [0, 0.1) is 0 Å². The van der Waals surface area contributed by atoms with Crippen molar-refractivity contribution < 1.29 is 62.6 Å². The fraction of sp³-hybridized carbons (Fsp3) is 0.211. The van der Waals surface area contributed by atoms with E-state index in [1.807, 2.05) is 0 Å². The van der Waals surface area contributed by atoms with Gasteiger partial charge in [0.25, 0.3) is 0 Å². The third kappa shape index (κ3) is 5.34. The lowest BCUT2D eigenvalue weighted by molar-refractivity contribution is -0.392. The number of allylic oxidation sites excluding steroid dienone is 1. The van der Waals surface area contributed by atoms with Gasteiger partial charge in [0.2, 0.25) is 5.83 Å². The van der Waals surface area contributed by atoms with E-state index in [2.05, 4.69) is 10.1 Å². The van der Waals surface area contributed by atoms with Crippen LogP contribution in [0.3, 0.4) is 0 Å². The summed E-state index contributed by atoms with van der Waals surface area (Å²) in [5, 5.41) is 2.06. The first-order valence-corrected chi connectivity index (χ1v) is 8.58. The molecular formula is C19H10F11NO3. The summed E-state index contributed by atoms with van der Waals surface area (Å²) in [7, 11) is 0. The largest absolute Gasteiger partial charge is 0.460 e. The Bertz CT molecular complexity index is 1050. The predicted octanol–water partition coefficient (Wildman–Crippen LogP) is 7.25. The minimum absolute atomic E-state index is 0.0854. The first kappa shape index (κ1) is 26.7. The van der Waals surface area contributed by atoms with E-state index in [4.69, 9.17) is 4.74 Å². The second-order valence-electron chi connectivity index (χ2n) is 6.27. The zero-order valence-corrected chi connectivity index (χ0v) is 16.1. The summed E-state index contributed by atoms with van der Waals surface area (Å²) in [4.78, 5) is 11.8. The lowest BCUT2D eigenvalue weighted by atomic mass is 10.0. The number of para-hydroxylation sites is 1. The smallest absolute Gasteiger partial charge is 0.430 e. The first-order chi connectivity index (χ1) is 15.5. The minimum Gasteiger partial charge on any atom is -0.430 e. The first-order valence-electron chi connectivity index (χ1n) is 8.58. The van der Waals surface area contributed by atoms with Crippen molar-refractivity contribution in [3.05, 3.63) is 66.4 Å². The second kappa shape index (κ2) is 9.38. The molecule has 4 nitrogen and oxygen atoms in total. The van der Waals surface area contributed by atoms with Crippen molar-refractivity contribution in [2.45, 2.75) is 23.9 Å². The molecule has 0 aliphatic rings. The maximum Gasteiger partial charge on any atom is 0.460 e. The molecule has 0 unspecified atom stereocenters. The lowest BCUT2D eigenvalue weighted by Crippen LogP contribution is -2.61. The van der Waals surface area contributed by atoms with E-state index in [9.17, 15) is 53.1 Å². The molecule has 2 aromatic rings. The number of hydrogen-bond acceptors (Lipinski definition) is 3. The van der Waals surface area contributed by atoms with Gasteiger partial charge in [-0.1, -0.05) is 24.3 Å². The average Bonchev–Trinajstić information content (AvgIpc) is 2.72. The third-order valence-electron chi connectivity index (χ3n) is 3.83. The van der Waals surface area contributed by atoms with Crippen molar-refractivity contribution in [3.63, 3.8) is 0 Å². The van der Waals surface area contributed by atoms with Gasteiger partial charge >= 0.3 is 36.1 Å². The van der Waals surface area contributed by atoms with E-state index in [1.54, 1.807) is 6.07 Å². The number of amides is 1. The van der Waals surface area contributed by atoms with Crippen LogP contribution in [0.15, 0.2) is 66.4 Å². The Labute approximate surface area is 182 Å². The van der Waals surface area contributed by atoms with Gasteiger partial charge < -0.3 is 9.47 Å². The third-order valence-corrected chi connectivity index (χ3v) is 3.83. The highest BCUT2D eigenvalue weighted by Crippen LogP contribution is 2.55. The highest BCUT2D eigenvalue weighted by molar-refractivity contribution is 5.86. The monoisotopic (exact) mass is 509 g/mol. The topological polar surface area (TPSA) is 47.6 Å². The lowest BCUT2D eigenvalue weighted by Gasteiger charge is -2.32. The molecule has 0 fully saturated rings. The van der Waals surface area contributed by atoms with Crippen LogP contribution in [0.25, 0.3) is 0 Å². The number of carbonyl (C=O) groups excluding carboxylic acids is 1. The molecule has 2 rings (SSSR count). The molecule has 0 atom stereocenters. The fourth-order valence-corrected chi connectivity index (χ4v) is 2.16. The molecule has 0 bridgehead atoms. The van der Waals surface area contributed by atoms with Gasteiger partial charge in [0, 0.05) is 11.8 Å². The molecule has 2 aromatic carbocycles. The van der Waals surface area contributed by atoms with Crippen LogP contribution in [-0.2, 0) is 0 Å². The zero-order chi connectivity index (χ0) is 25.9. The maximum atomic E-state index is 13.7. The summed E-state index contributed by atoms with van der Waals surface area (Å²) in [5.74, 6) is -26.7. The molecule has 15 heteroatoms. The predicted molar refractivity (Wildman–Crippen MR) is 93.3 cm³/mol. The highest BCUT2D eigenvalue weighted by atomic mass is 19.4. The molecule has 0 saturated carbocycles. The number of nitrogens with one attached hydrogen (secondary N) is 1. The zero-order valence-electron chi connectivity index (χ0n) is 16.1. The van der Waals surface area contributed by atoms with Gasteiger partial charge in [-0.25, -0.2) is 4.79 Å². The molecule has 0 saturated heterocycles. The van der Waals surface area contributed by atoms with Crippen molar-refractivity contribution >= 4 is 11.8 Å². The molecule has 0 aliphatic carbocycles. The molecule has 0 aliphatic heterocycles. The van der Waals surface area contributed by atoms with E-state index in [-0.39, 0.29) is 11.4 Å². The van der Waals surface area contributed by atoms with Crippen LogP contribution in [0.1, 0.15) is 0 Å². The number of alkyl halides is 9. The Kier molecular flexibility index (Phi) is 7.38. The number of carbonyl (C=O) groups is 1. The van der Waals surface area contributed by atoms with E-state index in [1.165, 1.54) is 24.3 Å². The minimum atomic E-state index is -7.43. The Morgan fingerprint density at radius 1 is 0.706 bits per heavy atom. The van der Waals surface area contributed by atoms with Gasteiger partial charge in [-0.15, -0.1) is 0 Å². The standard InChI is InChI=1S/C19H10F11NO3/c20-13(16(22,23)17(24,25)18(26,27)19(28,29)30)14(21)33-12-8-4-5-10(9-12)31-15(32)34-11-6-2-1-3-7-11/h1-9H,(H,31,32). The summed E-state index contributed by atoms with van der Waals surface area (Å²) in [5.41, 5.74) is -0.285. The van der Waals surface area contributed by atoms with Crippen molar-refractivity contribution in [1.29, 1.82) is 0 Å². The van der Waals surface area contributed by atoms with Gasteiger partial charge in [-0.3, -0.25) is 5.32 Å².